The van der Waals surface area contributed by atoms with Gasteiger partial charge in [-0.2, -0.15) is 0 Å². The molecule has 4 aliphatic rings. The first-order valence-electron chi connectivity index (χ1n) is 12.2. The number of carbonyl (C=O) groups excluding carboxylic acids is 1. The molecule has 4 bridgehead atoms. The smallest absolute Gasteiger partial charge is 0.308 e. The molecule has 4 fully saturated rings. The second kappa shape index (κ2) is 7.93. The van der Waals surface area contributed by atoms with Crippen molar-refractivity contribution in [3.05, 3.63) is 57.6 Å². The molecule has 0 radical (unpaired) electrons. The summed E-state index contributed by atoms with van der Waals surface area (Å²) in [5.74, 6) is 5.80. The summed E-state index contributed by atoms with van der Waals surface area (Å²) in [6.07, 6.45) is 5.48. The van der Waals surface area contributed by atoms with Crippen LogP contribution >= 0.6 is 0 Å². The minimum Gasteiger partial charge on any atom is -0.497 e. The quantitative estimate of drug-likeness (QED) is 0.394. The van der Waals surface area contributed by atoms with E-state index < -0.39 is 0 Å². The summed E-state index contributed by atoms with van der Waals surface area (Å²) in [6, 6.07) is 8.61. The third kappa shape index (κ3) is 3.45. The Kier molecular flexibility index (Phi) is 5.34. The average molecular weight is 433 g/mol. The summed E-state index contributed by atoms with van der Waals surface area (Å²) < 4.78 is 11.0. The third-order valence-corrected chi connectivity index (χ3v) is 8.72. The van der Waals surface area contributed by atoms with Crippen molar-refractivity contribution in [1.82, 2.24) is 0 Å². The van der Waals surface area contributed by atoms with E-state index in [1.165, 1.54) is 60.4 Å². The highest BCUT2D eigenvalue weighted by Gasteiger charge is 2.55. The molecule has 0 N–H and O–H groups in total. The van der Waals surface area contributed by atoms with E-state index in [1.807, 2.05) is 0 Å². The van der Waals surface area contributed by atoms with Crippen LogP contribution in [0, 0.1) is 51.4 Å². The summed E-state index contributed by atoms with van der Waals surface area (Å²) in [4.78, 5) is 11.5. The van der Waals surface area contributed by atoms with Crippen LogP contribution in [0.25, 0.3) is 0 Å². The van der Waals surface area contributed by atoms with Crippen LogP contribution in [0.5, 0.6) is 11.5 Å². The lowest BCUT2D eigenvalue weighted by Gasteiger charge is -2.59. The van der Waals surface area contributed by atoms with E-state index >= 15 is 0 Å². The normalized spacial score (nSPS) is 30.4. The van der Waals surface area contributed by atoms with Crippen molar-refractivity contribution in [2.24, 2.45) is 23.7 Å². The first-order chi connectivity index (χ1) is 15.3. The zero-order chi connectivity index (χ0) is 22.7. The van der Waals surface area contributed by atoms with E-state index in [0.29, 0.717) is 23.5 Å². The number of benzene rings is 2. The summed E-state index contributed by atoms with van der Waals surface area (Å²) in [5, 5.41) is 0. The van der Waals surface area contributed by atoms with Crippen molar-refractivity contribution < 1.29 is 14.3 Å². The Morgan fingerprint density at radius 3 is 1.66 bits per heavy atom. The molecule has 6 unspecified atom stereocenters. The van der Waals surface area contributed by atoms with Crippen molar-refractivity contribution in [3.63, 3.8) is 0 Å². The second-order valence-electron chi connectivity index (χ2n) is 10.8. The second-order valence-corrected chi connectivity index (χ2v) is 10.8. The van der Waals surface area contributed by atoms with E-state index in [9.17, 15) is 4.79 Å². The molecule has 0 amide bonds. The molecule has 170 valence electrons. The van der Waals surface area contributed by atoms with Gasteiger partial charge in [0.05, 0.1) is 7.11 Å². The molecule has 4 saturated carbocycles. The fourth-order valence-electron chi connectivity index (χ4n) is 8.08. The van der Waals surface area contributed by atoms with Gasteiger partial charge in [-0.05, 0) is 147 Å². The van der Waals surface area contributed by atoms with Crippen LogP contribution in [-0.4, -0.2) is 13.1 Å². The fourth-order valence-corrected chi connectivity index (χ4v) is 8.08. The molecule has 0 saturated heterocycles. The zero-order valence-electron chi connectivity index (χ0n) is 20.3. The maximum atomic E-state index is 11.5. The molecule has 4 aliphatic carbocycles. The number of hydrogen-bond donors (Lipinski definition) is 0. The highest BCUT2D eigenvalue weighted by molar-refractivity contribution is 5.69. The van der Waals surface area contributed by atoms with Gasteiger partial charge >= 0.3 is 5.97 Å². The number of methoxy groups -OCH3 is 1. The van der Waals surface area contributed by atoms with Gasteiger partial charge in [-0.3, -0.25) is 4.79 Å². The van der Waals surface area contributed by atoms with E-state index in [-0.39, 0.29) is 5.97 Å². The van der Waals surface area contributed by atoms with E-state index in [0.717, 1.165) is 23.5 Å². The predicted octanol–water partition coefficient (Wildman–Crippen LogP) is 6.79. The Morgan fingerprint density at radius 2 is 1.22 bits per heavy atom. The van der Waals surface area contributed by atoms with Gasteiger partial charge < -0.3 is 9.47 Å². The van der Waals surface area contributed by atoms with Crippen LogP contribution in [-0.2, 0) is 4.79 Å². The van der Waals surface area contributed by atoms with Crippen molar-refractivity contribution in [3.8, 4) is 11.5 Å². The first-order valence-corrected chi connectivity index (χ1v) is 12.2. The Hall–Kier alpha value is -2.29. The van der Waals surface area contributed by atoms with Crippen molar-refractivity contribution in [2.45, 2.75) is 72.1 Å². The predicted molar refractivity (Wildman–Crippen MR) is 128 cm³/mol. The third-order valence-electron chi connectivity index (χ3n) is 8.72. The van der Waals surface area contributed by atoms with Gasteiger partial charge in [0.2, 0.25) is 0 Å². The van der Waals surface area contributed by atoms with Crippen LogP contribution in [0.15, 0.2) is 24.3 Å². The maximum Gasteiger partial charge on any atom is 0.308 e. The molecule has 2 aromatic rings. The number of ether oxygens (including phenoxy) is 2. The maximum absolute atomic E-state index is 11.5. The molecule has 32 heavy (non-hydrogen) atoms. The number of esters is 1. The molecule has 2 aromatic carbocycles. The Morgan fingerprint density at radius 1 is 0.750 bits per heavy atom. The molecular weight excluding hydrogens is 396 g/mol. The zero-order valence-corrected chi connectivity index (χ0v) is 20.3. The van der Waals surface area contributed by atoms with E-state index in [4.69, 9.17) is 9.47 Å². The van der Waals surface area contributed by atoms with Gasteiger partial charge in [-0.25, -0.2) is 0 Å². The molecule has 6 atom stereocenters. The van der Waals surface area contributed by atoms with Crippen molar-refractivity contribution >= 4 is 5.97 Å². The topological polar surface area (TPSA) is 35.5 Å². The van der Waals surface area contributed by atoms with Gasteiger partial charge in [0.15, 0.2) is 0 Å². The Balaban J connectivity index is 1.58. The highest BCUT2D eigenvalue weighted by atomic mass is 16.5. The summed E-state index contributed by atoms with van der Waals surface area (Å²) in [6.45, 7) is 10.4. The van der Waals surface area contributed by atoms with Gasteiger partial charge in [0.25, 0.3) is 0 Å². The molecule has 3 nitrogen and oxygen atoms in total. The largest absolute Gasteiger partial charge is 0.497 e. The van der Waals surface area contributed by atoms with Crippen molar-refractivity contribution in [1.29, 1.82) is 0 Å². The number of rotatable bonds is 4. The average Bonchev–Trinajstić information content (AvgIpc) is 2.69. The first kappa shape index (κ1) is 21.6. The lowest BCUT2D eigenvalue weighted by molar-refractivity contribution is -0.131. The molecule has 3 heteroatoms. The SMILES string of the molecule is COc1cc(C)c(C2C3CC4CC(C3)C(c3c(C)cc(OC(C)=O)cc3C)C2C4)c(C)c1. The van der Waals surface area contributed by atoms with Crippen LogP contribution in [0.3, 0.4) is 0 Å². The minimum atomic E-state index is -0.253. The number of carbonyl (C=O) groups is 1. The van der Waals surface area contributed by atoms with Crippen LogP contribution < -0.4 is 9.47 Å². The summed E-state index contributed by atoms with van der Waals surface area (Å²) >= 11 is 0. The van der Waals surface area contributed by atoms with E-state index in [1.54, 1.807) is 12.7 Å². The lowest BCUT2D eigenvalue weighted by atomic mass is 9.45. The minimum absolute atomic E-state index is 0.253. The number of hydrogen-bond acceptors (Lipinski definition) is 3. The standard InChI is InChI=1S/C29H36O3/c1-15-7-23(31-6)8-16(2)26(15)28-21-11-20-12-22(14-21)29(25(28)13-20)27-17(3)9-24(10-18(27)4)32-19(5)30/h7-10,20-22,25,28-29H,11-14H2,1-6H3. The molecule has 6 rings (SSSR count). The number of aryl methyl sites for hydroxylation is 4. The van der Waals surface area contributed by atoms with Crippen molar-refractivity contribution in [2.75, 3.05) is 7.11 Å². The fraction of sp³-hybridized carbons (Fsp3) is 0.552. The van der Waals surface area contributed by atoms with Crippen LogP contribution in [0.4, 0.5) is 0 Å². The van der Waals surface area contributed by atoms with E-state index in [2.05, 4.69) is 52.0 Å². The Bertz CT molecular complexity index is 1020. The highest BCUT2D eigenvalue weighted by Crippen LogP contribution is 2.66. The van der Waals surface area contributed by atoms with Gasteiger partial charge in [-0.15, -0.1) is 0 Å². The lowest BCUT2D eigenvalue weighted by Crippen LogP contribution is -2.49. The molecule has 0 heterocycles. The van der Waals surface area contributed by atoms with Crippen LogP contribution in [0.1, 0.15) is 77.8 Å². The molecule has 0 spiro atoms. The monoisotopic (exact) mass is 432 g/mol. The van der Waals surface area contributed by atoms with Gasteiger partial charge in [-0.1, -0.05) is 0 Å². The Labute approximate surface area is 192 Å². The molecule has 0 aromatic heterocycles. The van der Waals surface area contributed by atoms with Gasteiger partial charge in [0.1, 0.15) is 11.5 Å². The molecular formula is C29H36O3. The summed E-state index contributed by atoms with van der Waals surface area (Å²) in [7, 11) is 1.76. The molecule has 0 aliphatic heterocycles. The summed E-state index contributed by atoms with van der Waals surface area (Å²) in [5.41, 5.74) is 8.43. The van der Waals surface area contributed by atoms with Gasteiger partial charge in [0, 0.05) is 6.92 Å². The van der Waals surface area contributed by atoms with Crippen LogP contribution in [0.2, 0.25) is 0 Å².